The molecule has 0 radical (unpaired) electrons. The molecule has 1 aromatic rings. The van der Waals surface area contributed by atoms with E-state index in [4.69, 9.17) is 11.6 Å². The number of thioether (sulfide) groups is 1. The summed E-state index contributed by atoms with van der Waals surface area (Å²) in [7, 11) is 0. The molecule has 2 rings (SSSR count). The molecule has 0 N–H and O–H groups in total. The second-order valence-corrected chi connectivity index (χ2v) is 6.65. The summed E-state index contributed by atoms with van der Waals surface area (Å²) in [4.78, 5) is 24.5. The number of amides is 1. The fourth-order valence-corrected chi connectivity index (χ4v) is 3.34. The van der Waals surface area contributed by atoms with Crippen molar-refractivity contribution in [2.45, 2.75) is 13.3 Å². The van der Waals surface area contributed by atoms with Gasteiger partial charge in [-0.2, -0.15) is 0 Å². The largest absolute Gasteiger partial charge is 0.294 e. The fraction of sp³-hybridized carbons (Fsp3) is 0.455. The lowest BCUT2D eigenvalue weighted by Crippen LogP contribution is -2.26. The molecule has 102 valence electrons. The molecule has 0 aliphatic carbocycles. The highest BCUT2D eigenvalue weighted by Crippen LogP contribution is 2.31. The Morgan fingerprint density at radius 1 is 1.63 bits per heavy atom. The minimum atomic E-state index is -0.00789. The zero-order valence-corrected chi connectivity index (χ0v) is 13.3. The number of aromatic nitrogens is 2. The molecule has 19 heavy (non-hydrogen) atoms. The van der Waals surface area contributed by atoms with Crippen LogP contribution in [0.1, 0.15) is 13.3 Å². The Kier molecular flexibility index (Phi) is 4.81. The van der Waals surface area contributed by atoms with E-state index in [2.05, 4.69) is 26.1 Å². The minimum absolute atomic E-state index is 0.00789. The van der Waals surface area contributed by atoms with Crippen LogP contribution in [0.3, 0.4) is 0 Å². The van der Waals surface area contributed by atoms with E-state index in [1.807, 2.05) is 0 Å². The Hall–Kier alpha value is -0.660. The van der Waals surface area contributed by atoms with Crippen molar-refractivity contribution < 1.29 is 9.59 Å². The van der Waals surface area contributed by atoms with Gasteiger partial charge in [0.15, 0.2) is 16.1 Å². The van der Waals surface area contributed by atoms with E-state index in [1.165, 1.54) is 18.7 Å². The van der Waals surface area contributed by atoms with E-state index in [0.29, 0.717) is 29.0 Å². The van der Waals surface area contributed by atoms with Crippen molar-refractivity contribution in [1.29, 1.82) is 0 Å². The van der Waals surface area contributed by atoms with E-state index >= 15 is 0 Å². The SMILES string of the molecule is CC(=O)SCC1CC(=O)N(c2nnc(Cl)cc2Br)C1. The first-order valence-electron chi connectivity index (χ1n) is 5.60. The summed E-state index contributed by atoms with van der Waals surface area (Å²) in [6.07, 6.45) is 0.428. The van der Waals surface area contributed by atoms with Crippen LogP contribution in [0.15, 0.2) is 10.5 Å². The Balaban J connectivity index is 2.09. The van der Waals surface area contributed by atoms with Crippen molar-refractivity contribution in [3.8, 4) is 0 Å². The van der Waals surface area contributed by atoms with Gasteiger partial charge in [0.25, 0.3) is 0 Å². The highest BCUT2D eigenvalue weighted by atomic mass is 79.9. The number of hydrogen-bond acceptors (Lipinski definition) is 5. The fourth-order valence-electron chi connectivity index (χ4n) is 1.86. The molecule has 1 unspecified atom stereocenters. The summed E-state index contributed by atoms with van der Waals surface area (Å²) in [5.74, 6) is 1.28. The lowest BCUT2D eigenvalue weighted by Gasteiger charge is -2.16. The average Bonchev–Trinajstić information content (AvgIpc) is 2.68. The summed E-state index contributed by atoms with van der Waals surface area (Å²) in [5.41, 5.74) is 0. The van der Waals surface area contributed by atoms with Crippen LogP contribution in [-0.2, 0) is 9.59 Å². The second-order valence-electron chi connectivity index (χ2n) is 4.22. The third-order valence-electron chi connectivity index (χ3n) is 2.68. The Morgan fingerprint density at radius 3 is 3.00 bits per heavy atom. The lowest BCUT2D eigenvalue weighted by atomic mass is 10.1. The number of rotatable bonds is 3. The number of hydrogen-bond donors (Lipinski definition) is 0. The maximum atomic E-state index is 12.0. The topological polar surface area (TPSA) is 63.2 Å². The molecule has 0 saturated carbocycles. The molecule has 0 bridgehead atoms. The molecule has 1 atom stereocenters. The van der Waals surface area contributed by atoms with Crippen LogP contribution in [0.4, 0.5) is 5.82 Å². The maximum Gasteiger partial charge on any atom is 0.228 e. The molecule has 0 spiro atoms. The van der Waals surface area contributed by atoms with Crippen LogP contribution in [0.5, 0.6) is 0 Å². The van der Waals surface area contributed by atoms with Gasteiger partial charge in [0.1, 0.15) is 0 Å². The number of carbonyl (C=O) groups is 2. The Labute approximate surface area is 128 Å². The number of nitrogens with zero attached hydrogens (tertiary/aromatic N) is 3. The number of halogens is 2. The van der Waals surface area contributed by atoms with Crippen molar-refractivity contribution >= 4 is 56.1 Å². The zero-order chi connectivity index (χ0) is 14.0. The third-order valence-corrected chi connectivity index (χ3v) is 4.50. The van der Waals surface area contributed by atoms with Gasteiger partial charge in [-0.3, -0.25) is 14.5 Å². The van der Waals surface area contributed by atoms with Crippen LogP contribution in [0, 0.1) is 5.92 Å². The van der Waals surface area contributed by atoms with Crippen LogP contribution < -0.4 is 4.90 Å². The number of carbonyl (C=O) groups excluding carboxylic acids is 2. The normalized spacial score (nSPS) is 19.0. The number of anilines is 1. The first kappa shape index (κ1) is 14.7. The van der Waals surface area contributed by atoms with Crippen LogP contribution in [0.2, 0.25) is 5.15 Å². The van der Waals surface area contributed by atoms with E-state index in [9.17, 15) is 9.59 Å². The van der Waals surface area contributed by atoms with Crippen LogP contribution in [-0.4, -0.2) is 33.5 Å². The first-order chi connectivity index (χ1) is 8.97. The Morgan fingerprint density at radius 2 is 2.37 bits per heavy atom. The van der Waals surface area contributed by atoms with E-state index in [-0.39, 0.29) is 22.1 Å². The highest BCUT2D eigenvalue weighted by Gasteiger charge is 2.32. The van der Waals surface area contributed by atoms with Gasteiger partial charge in [-0.25, -0.2) is 0 Å². The molecule has 5 nitrogen and oxygen atoms in total. The third kappa shape index (κ3) is 3.67. The predicted molar refractivity (Wildman–Crippen MR) is 78.3 cm³/mol. The molecule has 8 heteroatoms. The van der Waals surface area contributed by atoms with Crippen molar-refractivity contribution in [2.75, 3.05) is 17.2 Å². The van der Waals surface area contributed by atoms with Crippen molar-refractivity contribution in [3.05, 3.63) is 15.7 Å². The van der Waals surface area contributed by atoms with Crippen LogP contribution >= 0.6 is 39.3 Å². The van der Waals surface area contributed by atoms with E-state index in [0.717, 1.165) is 0 Å². The molecule has 1 aromatic heterocycles. The van der Waals surface area contributed by atoms with E-state index < -0.39 is 0 Å². The molecule has 2 heterocycles. The van der Waals surface area contributed by atoms with Gasteiger partial charge in [-0.15, -0.1) is 10.2 Å². The van der Waals surface area contributed by atoms with Gasteiger partial charge in [0.05, 0.1) is 4.47 Å². The molecule has 1 aliphatic heterocycles. The second kappa shape index (κ2) is 6.19. The van der Waals surface area contributed by atoms with Gasteiger partial charge in [-0.1, -0.05) is 23.4 Å². The molecular formula is C11H11BrClN3O2S. The van der Waals surface area contributed by atoms with Crippen LogP contribution in [0.25, 0.3) is 0 Å². The maximum absolute atomic E-state index is 12.0. The summed E-state index contributed by atoms with van der Waals surface area (Å²) < 4.78 is 0.640. The summed E-state index contributed by atoms with van der Waals surface area (Å²) in [6.45, 7) is 2.08. The first-order valence-corrected chi connectivity index (χ1v) is 7.75. The van der Waals surface area contributed by atoms with Gasteiger partial charge >= 0.3 is 0 Å². The molecule has 1 amide bonds. The molecular weight excluding hydrogens is 354 g/mol. The molecule has 1 fully saturated rings. The summed E-state index contributed by atoms with van der Waals surface area (Å²) >= 11 is 10.3. The molecule has 0 aromatic carbocycles. The van der Waals surface area contributed by atoms with Gasteiger partial charge in [0.2, 0.25) is 5.91 Å². The standard InChI is InChI=1S/C11H11BrClN3O2S/c1-6(17)19-5-7-2-10(18)16(4-7)11-8(12)3-9(13)14-15-11/h3,7H,2,4-5H2,1H3. The monoisotopic (exact) mass is 363 g/mol. The Bertz CT molecular complexity index is 529. The quantitative estimate of drug-likeness (QED) is 0.824. The molecule has 1 saturated heterocycles. The van der Waals surface area contributed by atoms with Gasteiger partial charge in [0, 0.05) is 25.6 Å². The van der Waals surface area contributed by atoms with Gasteiger partial charge < -0.3 is 0 Å². The van der Waals surface area contributed by atoms with Gasteiger partial charge in [-0.05, 0) is 27.9 Å². The minimum Gasteiger partial charge on any atom is -0.294 e. The summed E-state index contributed by atoms with van der Waals surface area (Å²) in [6, 6.07) is 1.61. The summed E-state index contributed by atoms with van der Waals surface area (Å²) in [5, 5.41) is 8.03. The van der Waals surface area contributed by atoms with Crippen molar-refractivity contribution in [2.24, 2.45) is 5.92 Å². The van der Waals surface area contributed by atoms with Crippen molar-refractivity contribution in [1.82, 2.24) is 10.2 Å². The highest BCUT2D eigenvalue weighted by molar-refractivity contribution is 9.10. The smallest absolute Gasteiger partial charge is 0.228 e. The predicted octanol–water partition coefficient (Wildman–Crippen LogP) is 2.53. The average molecular weight is 365 g/mol. The van der Waals surface area contributed by atoms with E-state index in [1.54, 1.807) is 11.0 Å². The van der Waals surface area contributed by atoms with Crippen molar-refractivity contribution in [3.63, 3.8) is 0 Å². The molecule has 1 aliphatic rings. The lowest BCUT2D eigenvalue weighted by molar-refractivity contribution is -0.117. The zero-order valence-electron chi connectivity index (χ0n) is 10.1.